The van der Waals surface area contributed by atoms with Crippen LogP contribution in [0.4, 0.5) is 11.8 Å². The number of halogens is 1. The average Bonchev–Trinajstić information content (AvgIpc) is 3.03. The maximum Gasteiger partial charge on any atom is 0.269 e. The molecule has 3 heterocycles. The Morgan fingerprint density at radius 3 is 2.52 bits per heavy atom. The van der Waals surface area contributed by atoms with Crippen LogP contribution in [0.15, 0.2) is 35.1 Å². The Balaban J connectivity index is 1.97. The van der Waals surface area contributed by atoms with Gasteiger partial charge in [0.25, 0.3) is 5.56 Å². The van der Waals surface area contributed by atoms with Crippen LogP contribution in [0.5, 0.6) is 0 Å². The Kier molecular flexibility index (Phi) is 5.65. The minimum Gasteiger partial charge on any atom is -0.368 e. The van der Waals surface area contributed by atoms with Crippen LogP contribution < -0.4 is 16.6 Å². The van der Waals surface area contributed by atoms with E-state index in [9.17, 15) is 4.79 Å². The number of para-hydroxylation sites is 1. The summed E-state index contributed by atoms with van der Waals surface area (Å²) in [4.78, 5) is 27.1. The fraction of sp³-hybridized carbons (Fsp3) is 0.286. The molecule has 4 aromatic rings. The first-order valence-electron chi connectivity index (χ1n) is 9.89. The molecular formula is C21H23IN8O. The number of aromatic nitrogens is 6. The number of nitrogen functional groups attached to an aromatic ring is 1. The molecule has 31 heavy (non-hydrogen) atoms. The SMILES string of the molecule is CC[C@@H](Nc1nc(N)nc(C)c1I)c1nc2c(c(C)nn2C)c(=O)n1-c1ccccc1. The number of aryl methyl sites for hydroxylation is 3. The minimum atomic E-state index is -0.297. The van der Waals surface area contributed by atoms with Gasteiger partial charge in [0.2, 0.25) is 5.95 Å². The lowest BCUT2D eigenvalue weighted by atomic mass is 10.1. The van der Waals surface area contributed by atoms with Crippen molar-refractivity contribution in [2.75, 3.05) is 11.1 Å². The lowest BCUT2D eigenvalue weighted by molar-refractivity contribution is 0.652. The van der Waals surface area contributed by atoms with Crippen molar-refractivity contribution in [1.29, 1.82) is 0 Å². The van der Waals surface area contributed by atoms with E-state index in [2.05, 4.69) is 43.0 Å². The van der Waals surface area contributed by atoms with Crippen LogP contribution in [0.1, 0.15) is 36.6 Å². The van der Waals surface area contributed by atoms with Gasteiger partial charge in [-0.25, -0.2) is 14.6 Å². The smallest absolute Gasteiger partial charge is 0.269 e. The van der Waals surface area contributed by atoms with E-state index in [1.165, 1.54) is 0 Å². The number of benzene rings is 1. The zero-order valence-corrected chi connectivity index (χ0v) is 19.9. The van der Waals surface area contributed by atoms with Crippen LogP contribution >= 0.6 is 22.6 Å². The van der Waals surface area contributed by atoms with E-state index in [4.69, 9.17) is 10.7 Å². The minimum absolute atomic E-state index is 0.148. The highest BCUT2D eigenvalue weighted by Gasteiger charge is 2.24. The molecule has 9 nitrogen and oxygen atoms in total. The summed E-state index contributed by atoms with van der Waals surface area (Å²) in [5.41, 5.74) is 8.47. The number of hydrogen-bond donors (Lipinski definition) is 2. The van der Waals surface area contributed by atoms with Gasteiger partial charge in [0.05, 0.1) is 26.7 Å². The highest BCUT2D eigenvalue weighted by Crippen LogP contribution is 2.27. The molecule has 0 saturated carbocycles. The summed E-state index contributed by atoms with van der Waals surface area (Å²) in [5, 5.41) is 8.36. The summed E-state index contributed by atoms with van der Waals surface area (Å²) >= 11 is 2.19. The third-order valence-corrected chi connectivity index (χ3v) is 6.43. The summed E-state index contributed by atoms with van der Waals surface area (Å²) in [5.74, 6) is 1.40. The molecule has 0 unspecified atom stereocenters. The van der Waals surface area contributed by atoms with Crippen molar-refractivity contribution in [1.82, 2.24) is 29.3 Å². The second kappa shape index (κ2) is 8.25. The highest BCUT2D eigenvalue weighted by molar-refractivity contribution is 14.1. The van der Waals surface area contributed by atoms with Crippen molar-refractivity contribution in [3.8, 4) is 5.69 Å². The molecule has 10 heteroatoms. The van der Waals surface area contributed by atoms with Gasteiger partial charge in [0.1, 0.15) is 17.0 Å². The molecule has 1 atom stereocenters. The molecule has 1 aromatic carbocycles. The quantitative estimate of drug-likeness (QED) is 0.381. The van der Waals surface area contributed by atoms with E-state index >= 15 is 0 Å². The Hall–Kier alpha value is -3.02. The van der Waals surface area contributed by atoms with Crippen molar-refractivity contribution in [2.45, 2.75) is 33.2 Å². The fourth-order valence-corrected chi connectivity index (χ4v) is 4.05. The second-order valence-corrected chi connectivity index (χ2v) is 8.37. The van der Waals surface area contributed by atoms with Crippen molar-refractivity contribution >= 4 is 45.4 Å². The number of fused-ring (bicyclic) bond motifs is 1. The summed E-state index contributed by atoms with van der Waals surface area (Å²) in [6.07, 6.45) is 0.667. The molecule has 3 aromatic heterocycles. The highest BCUT2D eigenvalue weighted by atomic mass is 127. The van der Waals surface area contributed by atoms with E-state index < -0.39 is 0 Å². The van der Waals surface area contributed by atoms with Crippen LogP contribution in [0, 0.1) is 17.4 Å². The van der Waals surface area contributed by atoms with E-state index in [-0.39, 0.29) is 17.5 Å². The van der Waals surface area contributed by atoms with Gasteiger partial charge in [0, 0.05) is 7.05 Å². The Bertz CT molecular complexity index is 1330. The second-order valence-electron chi connectivity index (χ2n) is 7.29. The standard InChI is InChI=1S/C21H23IN8O/c1-5-14(25-17-16(22)12(3)24-21(23)26-17)18-27-19-15(11(2)28-29(19)4)20(31)30(18)13-9-7-6-8-10-13/h6-10,14H,5H2,1-4H3,(H3,23,24,25,26)/t14-/m1/s1. The van der Waals surface area contributed by atoms with Gasteiger partial charge in [0.15, 0.2) is 5.65 Å². The van der Waals surface area contributed by atoms with Crippen molar-refractivity contribution < 1.29 is 0 Å². The van der Waals surface area contributed by atoms with Crippen LogP contribution in [-0.4, -0.2) is 29.3 Å². The van der Waals surface area contributed by atoms with Crippen LogP contribution in [0.2, 0.25) is 0 Å². The number of hydrogen-bond acceptors (Lipinski definition) is 7. The number of anilines is 2. The molecule has 160 valence electrons. The van der Waals surface area contributed by atoms with Gasteiger partial charge < -0.3 is 11.1 Å². The first-order valence-corrected chi connectivity index (χ1v) is 11.0. The van der Waals surface area contributed by atoms with E-state index in [0.717, 1.165) is 15.0 Å². The molecule has 0 fully saturated rings. The average molecular weight is 530 g/mol. The zero-order valence-electron chi connectivity index (χ0n) is 17.7. The van der Waals surface area contributed by atoms with E-state index in [1.807, 2.05) is 51.1 Å². The molecule has 0 radical (unpaired) electrons. The number of nitrogens with one attached hydrogen (secondary N) is 1. The van der Waals surface area contributed by atoms with E-state index in [0.29, 0.717) is 34.8 Å². The number of nitrogens with zero attached hydrogens (tertiary/aromatic N) is 6. The maximum absolute atomic E-state index is 13.6. The Labute approximate surface area is 192 Å². The molecule has 0 aliphatic rings. The molecule has 0 aliphatic carbocycles. The lowest BCUT2D eigenvalue weighted by Crippen LogP contribution is -2.28. The lowest BCUT2D eigenvalue weighted by Gasteiger charge is -2.22. The zero-order chi connectivity index (χ0) is 22.3. The summed E-state index contributed by atoms with van der Waals surface area (Å²) in [6, 6.07) is 9.21. The van der Waals surface area contributed by atoms with Crippen LogP contribution in [0.25, 0.3) is 16.7 Å². The third kappa shape index (κ3) is 3.75. The van der Waals surface area contributed by atoms with Crippen LogP contribution in [0.3, 0.4) is 0 Å². The third-order valence-electron chi connectivity index (χ3n) is 5.14. The first-order chi connectivity index (χ1) is 14.8. The summed E-state index contributed by atoms with van der Waals surface area (Å²) in [6.45, 7) is 5.74. The molecule has 4 rings (SSSR count). The van der Waals surface area contributed by atoms with Crippen LogP contribution in [-0.2, 0) is 7.05 Å². The van der Waals surface area contributed by atoms with Crippen molar-refractivity contribution in [3.63, 3.8) is 0 Å². The van der Waals surface area contributed by atoms with Gasteiger partial charge in [-0.05, 0) is 55.0 Å². The maximum atomic E-state index is 13.6. The van der Waals surface area contributed by atoms with E-state index in [1.54, 1.807) is 16.3 Å². The largest absolute Gasteiger partial charge is 0.368 e. The molecule has 0 aliphatic heterocycles. The molecule has 0 saturated heterocycles. The van der Waals surface area contributed by atoms with Crippen molar-refractivity contribution in [2.24, 2.45) is 7.05 Å². The van der Waals surface area contributed by atoms with Gasteiger partial charge in [-0.15, -0.1) is 0 Å². The van der Waals surface area contributed by atoms with Gasteiger partial charge in [-0.2, -0.15) is 10.1 Å². The van der Waals surface area contributed by atoms with Crippen molar-refractivity contribution in [3.05, 3.63) is 61.5 Å². The summed E-state index contributed by atoms with van der Waals surface area (Å²) in [7, 11) is 1.80. The topological polar surface area (TPSA) is 117 Å². The Morgan fingerprint density at radius 2 is 1.84 bits per heavy atom. The molecule has 0 bridgehead atoms. The first kappa shape index (κ1) is 21.2. The number of rotatable bonds is 5. The monoisotopic (exact) mass is 530 g/mol. The van der Waals surface area contributed by atoms with Gasteiger partial charge in [-0.3, -0.25) is 9.36 Å². The molecular weight excluding hydrogens is 507 g/mol. The normalized spacial score (nSPS) is 12.3. The number of nitrogens with two attached hydrogens (primary N) is 1. The molecule has 0 amide bonds. The van der Waals surface area contributed by atoms with Gasteiger partial charge in [-0.1, -0.05) is 25.1 Å². The Morgan fingerprint density at radius 1 is 1.13 bits per heavy atom. The molecule has 0 spiro atoms. The fourth-order valence-electron chi connectivity index (χ4n) is 3.65. The summed E-state index contributed by atoms with van der Waals surface area (Å²) < 4.78 is 4.17. The predicted octanol–water partition coefficient (Wildman–Crippen LogP) is 3.28. The van der Waals surface area contributed by atoms with Gasteiger partial charge >= 0.3 is 0 Å². The predicted molar refractivity (Wildman–Crippen MR) is 129 cm³/mol. The molecule has 3 N–H and O–H groups in total.